The van der Waals surface area contributed by atoms with Gasteiger partial charge in [-0.1, -0.05) is 6.07 Å². The Bertz CT molecular complexity index is 1090. The van der Waals surface area contributed by atoms with E-state index < -0.39 is 39.9 Å². The van der Waals surface area contributed by atoms with Crippen molar-refractivity contribution < 1.29 is 27.1 Å². The van der Waals surface area contributed by atoms with Gasteiger partial charge in [-0.25, -0.2) is 13.4 Å². The third-order valence-corrected chi connectivity index (χ3v) is 5.08. The number of nitrogens with zero attached hydrogens (tertiary/aromatic N) is 1. The molecule has 0 bridgehead atoms. The van der Waals surface area contributed by atoms with Gasteiger partial charge in [0.25, 0.3) is 5.91 Å². The first-order valence-electron chi connectivity index (χ1n) is 6.53. The van der Waals surface area contributed by atoms with Gasteiger partial charge in [0.2, 0.25) is 0 Å². The van der Waals surface area contributed by atoms with E-state index in [1.165, 1.54) is 12.3 Å². The average Bonchev–Trinajstić information content (AvgIpc) is 3.02. The van der Waals surface area contributed by atoms with Gasteiger partial charge in [-0.2, -0.15) is 8.42 Å². The highest BCUT2D eigenvalue weighted by molar-refractivity contribution is 7.92. The monoisotopic (exact) mass is 336 g/mol. The molecule has 2 aromatic carbocycles. The van der Waals surface area contributed by atoms with Crippen LogP contribution < -0.4 is 9.03 Å². The van der Waals surface area contributed by atoms with Crippen molar-refractivity contribution in [3.05, 3.63) is 36.3 Å². The lowest BCUT2D eigenvalue weighted by Crippen LogP contribution is -2.30. The van der Waals surface area contributed by atoms with Gasteiger partial charge < -0.3 is 9.52 Å². The van der Waals surface area contributed by atoms with E-state index in [4.69, 9.17) is 4.42 Å². The minimum Gasteiger partial charge on any atom is -0.506 e. The largest absolute Gasteiger partial charge is 0.506 e. The Morgan fingerprint density at radius 2 is 2.09 bits per heavy atom. The molecular weight excluding hydrogens is 327 g/mol. The maximum atomic E-state index is 15.0. The number of carbonyl (C=O) groups is 1. The highest BCUT2D eigenvalue weighted by Crippen LogP contribution is 2.40. The molecule has 2 N–H and O–H groups in total. The van der Waals surface area contributed by atoms with Crippen LogP contribution in [0.25, 0.3) is 21.7 Å². The van der Waals surface area contributed by atoms with Gasteiger partial charge >= 0.3 is 10.2 Å². The topological polar surface area (TPSA) is 99.8 Å². The molecule has 4 rings (SSSR count). The fourth-order valence-corrected chi connectivity index (χ4v) is 3.92. The fraction of sp³-hybridized carbons (Fsp3) is 0.0714. The molecule has 1 aliphatic heterocycles. The van der Waals surface area contributed by atoms with E-state index in [1.54, 1.807) is 22.9 Å². The summed E-state index contributed by atoms with van der Waals surface area (Å²) >= 11 is 0. The van der Waals surface area contributed by atoms with Crippen molar-refractivity contribution in [2.24, 2.45) is 0 Å². The van der Waals surface area contributed by atoms with E-state index in [9.17, 15) is 18.3 Å². The predicted molar refractivity (Wildman–Crippen MR) is 79.8 cm³/mol. The van der Waals surface area contributed by atoms with Gasteiger partial charge in [0, 0.05) is 10.8 Å². The molecule has 2 heterocycles. The Labute approximate surface area is 129 Å². The van der Waals surface area contributed by atoms with Crippen molar-refractivity contribution in [3.8, 4) is 5.75 Å². The summed E-state index contributed by atoms with van der Waals surface area (Å²) in [4.78, 5) is 11.3. The second kappa shape index (κ2) is 4.35. The molecular formula is C14H9FN2O5S. The van der Waals surface area contributed by atoms with Crippen LogP contribution in [0.1, 0.15) is 0 Å². The van der Waals surface area contributed by atoms with E-state index >= 15 is 4.39 Å². The summed E-state index contributed by atoms with van der Waals surface area (Å²) in [5.41, 5.74) is -0.143. The molecule has 0 spiro atoms. The summed E-state index contributed by atoms with van der Waals surface area (Å²) in [5.74, 6) is -2.31. The Morgan fingerprint density at radius 3 is 2.78 bits per heavy atom. The maximum absolute atomic E-state index is 15.0. The standard InChI is InChI=1S/C14H9FN2O5S/c15-13-12-7(1-2-10-8(12)3-4-22-10)5-9(18)14(13)17-6-11(19)16-23(17,20)21/h1-5,18H,6H2,(H,16,19). The molecule has 118 valence electrons. The number of hydrogen-bond acceptors (Lipinski definition) is 5. The third kappa shape index (κ3) is 1.86. The average molecular weight is 336 g/mol. The molecule has 1 fully saturated rings. The predicted octanol–water partition coefficient (Wildman–Crippen LogP) is 1.61. The van der Waals surface area contributed by atoms with E-state index in [1.807, 2.05) is 0 Å². The van der Waals surface area contributed by atoms with Crippen LogP contribution in [-0.2, 0) is 15.0 Å². The van der Waals surface area contributed by atoms with Crippen molar-refractivity contribution >= 4 is 43.5 Å². The van der Waals surface area contributed by atoms with Crippen LogP contribution in [0.2, 0.25) is 0 Å². The summed E-state index contributed by atoms with van der Waals surface area (Å²) in [5, 5.41) is 11.0. The van der Waals surface area contributed by atoms with Gasteiger partial charge in [0.1, 0.15) is 23.6 Å². The molecule has 3 aromatic rings. The molecule has 0 aliphatic carbocycles. The van der Waals surface area contributed by atoms with Crippen LogP contribution in [0.5, 0.6) is 5.75 Å². The number of fused-ring (bicyclic) bond motifs is 3. The third-order valence-electron chi connectivity index (χ3n) is 3.70. The number of hydrogen-bond donors (Lipinski definition) is 2. The first-order valence-corrected chi connectivity index (χ1v) is 7.97. The summed E-state index contributed by atoms with van der Waals surface area (Å²) in [6.07, 6.45) is 1.38. The second-order valence-corrected chi connectivity index (χ2v) is 6.69. The first kappa shape index (κ1) is 13.8. The Kier molecular flexibility index (Phi) is 2.62. The van der Waals surface area contributed by atoms with E-state index in [0.717, 1.165) is 0 Å². The van der Waals surface area contributed by atoms with E-state index in [0.29, 0.717) is 20.7 Å². The number of anilines is 1. The van der Waals surface area contributed by atoms with Crippen LogP contribution in [0.15, 0.2) is 34.9 Å². The van der Waals surface area contributed by atoms with Crippen LogP contribution in [0.4, 0.5) is 10.1 Å². The van der Waals surface area contributed by atoms with Gasteiger partial charge in [-0.05, 0) is 23.6 Å². The van der Waals surface area contributed by atoms with Crippen LogP contribution in [0.3, 0.4) is 0 Å². The smallest absolute Gasteiger partial charge is 0.326 e. The summed E-state index contributed by atoms with van der Waals surface area (Å²) in [6, 6.07) is 5.96. The van der Waals surface area contributed by atoms with Gasteiger partial charge in [-0.15, -0.1) is 0 Å². The number of carbonyl (C=O) groups excluding carboxylic acids is 1. The van der Waals surface area contributed by atoms with Crippen LogP contribution in [0, 0.1) is 5.82 Å². The second-order valence-electron chi connectivity index (χ2n) is 5.09. The molecule has 1 amide bonds. The van der Waals surface area contributed by atoms with Gasteiger partial charge in [0.05, 0.1) is 6.26 Å². The number of furan rings is 1. The van der Waals surface area contributed by atoms with E-state index in [2.05, 4.69) is 0 Å². The van der Waals surface area contributed by atoms with Gasteiger partial charge in [-0.3, -0.25) is 4.79 Å². The normalized spacial score (nSPS) is 17.1. The van der Waals surface area contributed by atoms with Crippen LogP contribution >= 0.6 is 0 Å². The number of phenols is 1. The number of amides is 1. The summed E-state index contributed by atoms with van der Waals surface area (Å²) < 4.78 is 46.3. The fourth-order valence-electron chi connectivity index (χ4n) is 2.76. The van der Waals surface area contributed by atoms with Crippen LogP contribution in [-0.4, -0.2) is 26.0 Å². The number of halogens is 1. The number of benzene rings is 2. The molecule has 1 aromatic heterocycles. The van der Waals surface area contributed by atoms with Crippen molar-refractivity contribution in [1.29, 1.82) is 0 Å². The molecule has 0 saturated carbocycles. The van der Waals surface area contributed by atoms with Crippen molar-refractivity contribution in [1.82, 2.24) is 4.72 Å². The minimum absolute atomic E-state index is 0.110. The highest BCUT2D eigenvalue weighted by Gasteiger charge is 2.38. The van der Waals surface area contributed by atoms with Crippen molar-refractivity contribution in [3.63, 3.8) is 0 Å². The molecule has 7 nitrogen and oxygen atoms in total. The molecule has 1 aliphatic rings. The van der Waals surface area contributed by atoms with E-state index in [-0.39, 0.29) is 5.39 Å². The van der Waals surface area contributed by atoms with Gasteiger partial charge in [0.15, 0.2) is 5.82 Å². The zero-order chi connectivity index (χ0) is 16.4. The lowest BCUT2D eigenvalue weighted by molar-refractivity contribution is -0.117. The highest BCUT2D eigenvalue weighted by atomic mass is 32.2. The zero-order valence-corrected chi connectivity index (χ0v) is 12.2. The van der Waals surface area contributed by atoms with Crippen molar-refractivity contribution in [2.75, 3.05) is 10.8 Å². The quantitative estimate of drug-likeness (QED) is 0.703. The Morgan fingerprint density at radius 1 is 1.30 bits per heavy atom. The number of aromatic hydroxyl groups is 1. The Balaban J connectivity index is 2.10. The number of nitrogens with one attached hydrogen (secondary N) is 1. The summed E-state index contributed by atoms with van der Waals surface area (Å²) in [6.45, 7) is -0.598. The molecule has 1 saturated heterocycles. The lowest BCUT2D eigenvalue weighted by Gasteiger charge is -2.18. The molecule has 9 heteroatoms. The zero-order valence-electron chi connectivity index (χ0n) is 11.4. The molecule has 0 atom stereocenters. The number of phenolic OH excluding ortho intramolecular Hbond substituents is 1. The maximum Gasteiger partial charge on any atom is 0.326 e. The molecule has 0 unspecified atom stereocenters. The lowest BCUT2D eigenvalue weighted by atomic mass is 10.0. The molecule has 0 radical (unpaired) electrons. The summed E-state index contributed by atoms with van der Waals surface area (Å²) in [7, 11) is -4.23. The van der Waals surface area contributed by atoms with Crippen molar-refractivity contribution in [2.45, 2.75) is 0 Å². The SMILES string of the molecule is O=C1CN(c2c(O)cc3ccc4occc4c3c2F)S(=O)(=O)N1. The number of rotatable bonds is 1. The minimum atomic E-state index is -4.23. The Hall–Kier alpha value is -2.81. The molecule has 23 heavy (non-hydrogen) atoms. The first-order chi connectivity index (χ1) is 10.9.